The van der Waals surface area contributed by atoms with Gasteiger partial charge in [0, 0.05) is 45.8 Å². The normalized spacial score (nSPS) is 17.3. The number of methoxy groups -OCH3 is 1. The predicted octanol–water partition coefficient (Wildman–Crippen LogP) is 1.08. The molecule has 0 amide bonds. The monoisotopic (exact) mass is 293 g/mol. The van der Waals surface area contributed by atoms with Gasteiger partial charge in [-0.3, -0.25) is 9.80 Å². The van der Waals surface area contributed by atoms with Crippen LogP contribution >= 0.6 is 0 Å². The SMILES string of the molecule is COc1cc(CN2CCN(CCN(C)C)CC2)ccc1O. The van der Waals surface area contributed by atoms with Crippen LogP contribution in [0.5, 0.6) is 11.5 Å². The van der Waals surface area contributed by atoms with Gasteiger partial charge < -0.3 is 14.7 Å². The summed E-state index contributed by atoms with van der Waals surface area (Å²) in [7, 11) is 5.82. The van der Waals surface area contributed by atoms with Gasteiger partial charge in [0.25, 0.3) is 0 Å². The maximum Gasteiger partial charge on any atom is 0.160 e. The summed E-state index contributed by atoms with van der Waals surface area (Å²) in [5.41, 5.74) is 1.19. The molecule has 0 saturated carbocycles. The molecular weight excluding hydrogens is 266 g/mol. The Balaban J connectivity index is 1.80. The molecule has 1 aliphatic rings. The Kier molecular flexibility index (Phi) is 5.85. The van der Waals surface area contributed by atoms with Gasteiger partial charge in [-0.15, -0.1) is 0 Å². The second-order valence-electron chi connectivity index (χ2n) is 5.93. The van der Waals surface area contributed by atoms with Crippen molar-refractivity contribution in [2.75, 3.05) is 60.5 Å². The lowest BCUT2D eigenvalue weighted by Gasteiger charge is -2.35. The standard InChI is InChI=1S/C16H27N3O2/c1-17(2)6-7-18-8-10-19(11-9-18)13-14-4-5-15(20)16(12-14)21-3/h4-5,12,20H,6-11,13H2,1-3H3. The molecule has 0 aromatic heterocycles. The third-order valence-corrected chi connectivity index (χ3v) is 3.98. The fourth-order valence-electron chi connectivity index (χ4n) is 2.59. The van der Waals surface area contributed by atoms with E-state index in [1.165, 1.54) is 5.56 Å². The van der Waals surface area contributed by atoms with Crippen molar-refractivity contribution in [2.45, 2.75) is 6.54 Å². The zero-order valence-electron chi connectivity index (χ0n) is 13.4. The Bertz CT molecular complexity index is 443. The van der Waals surface area contributed by atoms with E-state index in [1.807, 2.05) is 12.1 Å². The number of piperazine rings is 1. The third-order valence-electron chi connectivity index (χ3n) is 3.98. The van der Waals surface area contributed by atoms with Crippen molar-refractivity contribution in [3.05, 3.63) is 23.8 Å². The van der Waals surface area contributed by atoms with Crippen LogP contribution in [-0.2, 0) is 6.54 Å². The quantitative estimate of drug-likeness (QED) is 0.850. The number of nitrogens with zero attached hydrogens (tertiary/aromatic N) is 3. The maximum atomic E-state index is 9.63. The van der Waals surface area contributed by atoms with E-state index in [4.69, 9.17) is 4.74 Å². The van der Waals surface area contributed by atoms with Crippen LogP contribution in [0.3, 0.4) is 0 Å². The molecule has 1 saturated heterocycles. The van der Waals surface area contributed by atoms with Gasteiger partial charge in [-0.1, -0.05) is 6.07 Å². The highest BCUT2D eigenvalue weighted by atomic mass is 16.5. The molecule has 21 heavy (non-hydrogen) atoms. The van der Waals surface area contributed by atoms with Crippen LogP contribution in [0.4, 0.5) is 0 Å². The fraction of sp³-hybridized carbons (Fsp3) is 0.625. The number of hydrogen-bond donors (Lipinski definition) is 1. The first-order valence-corrected chi connectivity index (χ1v) is 7.54. The maximum absolute atomic E-state index is 9.63. The zero-order chi connectivity index (χ0) is 15.2. The number of ether oxygens (including phenoxy) is 1. The van der Waals surface area contributed by atoms with Crippen LogP contribution in [0.2, 0.25) is 0 Å². The van der Waals surface area contributed by atoms with E-state index >= 15 is 0 Å². The largest absolute Gasteiger partial charge is 0.504 e. The Morgan fingerprint density at radius 1 is 1.14 bits per heavy atom. The molecule has 1 aliphatic heterocycles. The van der Waals surface area contributed by atoms with E-state index in [9.17, 15) is 5.11 Å². The highest BCUT2D eigenvalue weighted by Gasteiger charge is 2.17. The fourth-order valence-corrected chi connectivity index (χ4v) is 2.59. The smallest absolute Gasteiger partial charge is 0.160 e. The Morgan fingerprint density at radius 3 is 2.43 bits per heavy atom. The van der Waals surface area contributed by atoms with Crippen molar-refractivity contribution < 1.29 is 9.84 Å². The minimum absolute atomic E-state index is 0.203. The first-order valence-electron chi connectivity index (χ1n) is 7.54. The van der Waals surface area contributed by atoms with E-state index in [1.54, 1.807) is 13.2 Å². The summed E-state index contributed by atoms with van der Waals surface area (Å²) >= 11 is 0. The molecule has 1 aromatic carbocycles. The summed E-state index contributed by atoms with van der Waals surface area (Å²) in [6.45, 7) is 7.63. The summed E-state index contributed by atoms with van der Waals surface area (Å²) in [4.78, 5) is 7.21. The number of phenols is 1. The van der Waals surface area contributed by atoms with Crippen LogP contribution < -0.4 is 4.74 Å². The van der Waals surface area contributed by atoms with Crippen LogP contribution in [0.15, 0.2) is 18.2 Å². The summed E-state index contributed by atoms with van der Waals surface area (Å²) < 4.78 is 5.16. The van der Waals surface area contributed by atoms with Crippen LogP contribution in [0.1, 0.15) is 5.56 Å². The molecule has 1 fully saturated rings. The lowest BCUT2D eigenvalue weighted by atomic mass is 10.1. The second-order valence-corrected chi connectivity index (χ2v) is 5.93. The summed E-state index contributed by atoms with van der Waals surface area (Å²) in [6.07, 6.45) is 0. The van der Waals surface area contributed by atoms with Gasteiger partial charge in [0.2, 0.25) is 0 Å². The number of aromatic hydroxyl groups is 1. The zero-order valence-corrected chi connectivity index (χ0v) is 13.4. The molecule has 2 rings (SSSR count). The van der Waals surface area contributed by atoms with Crippen molar-refractivity contribution in [3.8, 4) is 11.5 Å². The third kappa shape index (κ3) is 4.88. The molecule has 1 N–H and O–H groups in total. The number of hydrogen-bond acceptors (Lipinski definition) is 5. The summed E-state index contributed by atoms with van der Waals surface area (Å²) in [5, 5.41) is 9.63. The van der Waals surface area contributed by atoms with Gasteiger partial charge in [0.15, 0.2) is 11.5 Å². The molecule has 0 aliphatic carbocycles. The second kappa shape index (κ2) is 7.64. The van der Waals surface area contributed by atoms with E-state index < -0.39 is 0 Å². The van der Waals surface area contributed by atoms with Gasteiger partial charge in [0.05, 0.1) is 7.11 Å². The van der Waals surface area contributed by atoms with Crippen LogP contribution in [0, 0.1) is 0 Å². The average molecular weight is 293 g/mol. The van der Waals surface area contributed by atoms with Crippen molar-refractivity contribution >= 4 is 0 Å². The van der Waals surface area contributed by atoms with Gasteiger partial charge in [-0.2, -0.15) is 0 Å². The Morgan fingerprint density at radius 2 is 1.81 bits per heavy atom. The highest BCUT2D eigenvalue weighted by Crippen LogP contribution is 2.26. The molecule has 0 atom stereocenters. The van der Waals surface area contributed by atoms with Gasteiger partial charge in [0.1, 0.15) is 0 Å². The Hall–Kier alpha value is -1.30. The van der Waals surface area contributed by atoms with Crippen molar-refractivity contribution in [2.24, 2.45) is 0 Å². The van der Waals surface area contributed by atoms with E-state index in [-0.39, 0.29) is 5.75 Å². The number of phenolic OH excluding ortho intramolecular Hbond substituents is 1. The van der Waals surface area contributed by atoms with Crippen LogP contribution in [0.25, 0.3) is 0 Å². The number of benzene rings is 1. The predicted molar refractivity (Wildman–Crippen MR) is 84.9 cm³/mol. The summed E-state index contributed by atoms with van der Waals surface area (Å²) in [5.74, 6) is 0.756. The van der Waals surface area contributed by atoms with Crippen molar-refractivity contribution in [1.29, 1.82) is 0 Å². The number of likely N-dealkylation sites (N-methyl/N-ethyl adjacent to an activating group) is 1. The molecule has 0 unspecified atom stereocenters. The van der Waals surface area contributed by atoms with Crippen molar-refractivity contribution in [3.63, 3.8) is 0 Å². The lowest BCUT2D eigenvalue weighted by molar-refractivity contribution is 0.120. The summed E-state index contributed by atoms with van der Waals surface area (Å²) in [6, 6.07) is 5.60. The van der Waals surface area contributed by atoms with Crippen LogP contribution in [-0.4, -0.2) is 80.3 Å². The van der Waals surface area contributed by atoms with Gasteiger partial charge >= 0.3 is 0 Å². The molecule has 118 valence electrons. The first kappa shape index (κ1) is 16.1. The molecular formula is C16H27N3O2. The highest BCUT2D eigenvalue weighted by molar-refractivity contribution is 5.41. The minimum atomic E-state index is 0.203. The minimum Gasteiger partial charge on any atom is -0.504 e. The van der Waals surface area contributed by atoms with E-state index in [2.05, 4.69) is 28.8 Å². The van der Waals surface area contributed by atoms with Gasteiger partial charge in [-0.05, 0) is 31.8 Å². The van der Waals surface area contributed by atoms with E-state index in [0.717, 1.165) is 45.8 Å². The number of rotatable bonds is 6. The Labute approximate surface area is 127 Å². The topological polar surface area (TPSA) is 39.2 Å². The molecule has 5 heteroatoms. The average Bonchev–Trinajstić information content (AvgIpc) is 2.48. The molecule has 1 aromatic rings. The lowest BCUT2D eigenvalue weighted by Crippen LogP contribution is -2.47. The molecule has 1 heterocycles. The molecule has 0 radical (unpaired) electrons. The first-order chi connectivity index (χ1) is 10.1. The van der Waals surface area contributed by atoms with E-state index in [0.29, 0.717) is 5.75 Å². The van der Waals surface area contributed by atoms with Gasteiger partial charge in [-0.25, -0.2) is 0 Å². The molecule has 0 spiro atoms. The molecule has 0 bridgehead atoms. The molecule has 5 nitrogen and oxygen atoms in total. The van der Waals surface area contributed by atoms with Crippen molar-refractivity contribution in [1.82, 2.24) is 14.7 Å².